The molecule has 6 heteroatoms. The summed E-state index contributed by atoms with van der Waals surface area (Å²) < 4.78 is 27.2. The molecule has 1 unspecified atom stereocenters. The first-order valence-electron chi connectivity index (χ1n) is 6.53. The van der Waals surface area contributed by atoms with Crippen LogP contribution in [0.1, 0.15) is 17.5 Å². The zero-order valence-electron chi connectivity index (χ0n) is 11.8. The zero-order chi connectivity index (χ0) is 16.3. The van der Waals surface area contributed by atoms with E-state index in [9.17, 15) is 23.9 Å². The Bertz CT molecular complexity index is 673. The van der Waals surface area contributed by atoms with E-state index in [2.05, 4.69) is 0 Å². The first-order chi connectivity index (χ1) is 10.3. The third kappa shape index (κ3) is 3.13. The molecule has 22 heavy (non-hydrogen) atoms. The Balaban J connectivity index is 2.56. The van der Waals surface area contributed by atoms with Crippen molar-refractivity contribution < 1.29 is 23.9 Å². The third-order valence-electron chi connectivity index (χ3n) is 3.41. The van der Waals surface area contributed by atoms with E-state index >= 15 is 0 Å². The minimum absolute atomic E-state index is 0.128. The first kappa shape index (κ1) is 16.1. The second kappa shape index (κ2) is 6.21. The van der Waals surface area contributed by atoms with Crippen LogP contribution in [0.3, 0.4) is 0 Å². The maximum absolute atomic E-state index is 14.1. The highest BCUT2D eigenvalue weighted by atomic mass is 19.1. The highest BCUT2D eigenvalue weighted by Gasteiger charge is 2.37. The van der Waals surface area contributed by atoms with Gasteiger partial charge in [0.15, 0.2) is 0 Å². The van der Waals surface area contributed by atoms with Gasteiger partial charge in [0.25, 0.3) is 0 Å². The van der Waals surface area contributed by atoms with Crippen LogP contribution >= 0.6 is 0 Å². The lowest BCUT2D eigenvalue weighted by Crippen LogP contribution is -2.36. The Morgan fingerprint density at radius 2 is 1.73 bits per heavy atom. The van der Waals surface area contributed by atoms with Crippen LogP contribution in [0, 0.1) is 11.6 Å². The molecular weight excluding hydrogens is 292 g/mol. The van der Waals surface area contributed by atoms with Crippen molar-refractivity contribution >= 4 is 5.91 Å². The highest BCUT2D eigenvalue weighted by molar-refractivity contribution is 5.77. The molecule has 2 N–H and O–H groups in total. The zero-order valence-corrected chi connectivity index (χ0v) is 11.8. The molecule has 0 spiro atoms. The quantitative estimate of drug-likeness (QED) is 0.674. The molecule has 0 saturated heterocycles. The Kier molecular flexibility index (Phi) is 4.54. The van der Waals surface area contributed by atoms with Crippen molar-refractivity contribution in [1.29, 1.82) is 0 Å². The summed E-state index contributed by atoms with van der Waals surface area (Å²) in [5.74, 6) is -2.04. The minimum atomic E-state index is -2.02. The molecule has 1 amide bonds. The predicted molar refractivity (Wildman–Crippen MR) is 75.0 cm³/mol. The molecule has 2 rings (SSSR count). The number of hydroxylamine groups is 2. The van der Waals surface area contributed by atoms with Crippen LogP contribution in [0.5, 0.6) is 0 Å². The lowest BCUT2D eigenvalue weighted by Gasteiger charge is -2.29. The number of benzene rings is 2. The maximum Gasteiger partial charge on any atom is 0.249 e. The van der Waals surface area contributed by atoms with Crippen molar-refractivity contribution in [3.8, 4) is 0 Å². The van der Waals surface area contributed by atoms with Crippen molar-refractivity contribution in [2.75, 3.05) is 7.05 Å². The number of hydrogen-bond donors (Lipinski definition) is 2. The summed E-state index contributed by atoms with van der Waals surface area (Å²) in [6.07, 6.45) is -0.591. The van der Waals surface area contributed by atoms with E-state index in [1.807, 2.05) is 0 Å². The van der Waals surface area contributed by atoms with Gasteiger partial charge in [0.05, 0.1) is 6.42 Å². The highest BCUT2D eigenvalue weighted by Crippen LogP contribution is 2.35. The number of rotatable bonds is 4. The molecule has 0 aliphatic carbocycles. The molecule has 0 fully saturated rings. The second-order valence-electron chi connectivity index (χ2n) is 4.94. The summed E-state index contributed by atoms with van der Waals surface area (Å²) in [4.78, 5) is 11.8. The average molecular weight is 307 g/mol. The van der Waals surface area contributed by atoms with Gasteiger partial charge in [0, 0.05) is 12.6 Å². The fourth-order valence-corrected chi connectivity index (χ4v) is 2.21. The van der Waals surface area contributed by atoms with E-state index in [1.54, 1.807) is 0 Å². The van der Waals surface area contributed by atoms with Crippen molar-refractivity contribution in [1.82, 2.24) is 5.06 Å². The number of nitrogens with zero attached hydrogens (tertiary/aromatic N) is 1. The van der Waals surface area contributed by atoms with Crippen LogP contribution in [0.25, 0.3) is 0 Å². The van der Waals surface area contributed by atoms with Gasteiger partial charge in [-0.05, 0) is 23.8 Å². The fraction of sp³-hybridized carbons (Fsp3) is 0.188. The van der Waals surface area contributed by atoms with E-state index in [0.717, 1.165) is 25.2 Å². The SMILES string of the molecule is CN(O)C(=O)CC(O)(c1ccc(F)cc1)c1ccccc1F. The van der Waals surface area contributed by atoms with Gasteiger partial charge < -0.3 is 5.11 Å². The number of aliphatic hydroxyl groups is 1. The van der Waals surface area contributed by atoms with Crippen molar-refractivity contribution in [3.63, 3.8) is 0 Å². The fourth-order valence-electron chi connectivity index (χ4n) is 2.21. The van der Waals surface area contributed by atoms with E-state index in [-0.39, 0.29) is 11.1 Å². The Morgan fingerprint density at radius 3 is 2.27 bits per heavy atom. The normalized spacial score (nSPS) is 13.5. The van der Waals surface area contributed by atoms with Crippen LogP contribution in [0.15, 0.2) is 48.5 Å². The van der Waals surface area contributed by atoms with Crippen LogP contribution < -0.4 is 0 Å². The number of carbonyl (C=O) groups is 1. The molecule has 2 aromatic rings. The minimum Gasteiger partial charge on any atom is -0.380 e. The van der Waals surface area contributed by atoms with Gasteiger partial charge >= 0.3 is 0 Å². The number of carbonyl (C=O) groups excluding carboxylic acids is 1. The lowest BCUT2D eigenvalue weighted by molar-refractivity contribution is -0.163. The molecule has 0 heterocycles. The topological polar surface area (TPSA) is 60.8 Å². The average Bonchev–Trinajstić information content (AvgIpc) is 2.48. The molecule has 0 saturated carbocycles. The summed E-state index contributed by atoms with van der Waals surface area (Å²) >= 11 is 0. The van der Waals surface area contributed by atoms with Crippen LogP contribution in [-0.4, -0.2) is 28.3 Å². The molecule has 4 nitrogen and oxygen atoms in total. The standard InChI is InChI=1S/C16H15F2NO3/c1-19(22)15(20)10-16(21,11-6-8-12(17)9-7-11)13-4-2-3-5-14(13)18/h2-9,21-22H,10H2,1H3. The largest absolute Gasteiger partial charge is 0.380 e. The van der Waals surface area contributed by atoms with E-state index in [4.69, 9.17) is 0 Å². The Labute approximate surface area is 126 Å². The summed E-state index contributed by atoms with van der Waals surface area (Å²) in [5.41, 5.74) is -2.00. The molecule has 116 valence electrons. The molecule has 0 aliphatic rings. The maximum atomic E-state index is 14.1. The van der Waals surface area contributed by atoms with Gasteiger partial charge in [-0.15, -0.1) is 0 Å². The monoisotopic (exact) mass is 307 g/mol. The van der Waals surface area contributed by atoms with Crippen LogP contribution in [0.4, 0.5) is 8.78 Å². The van der Waals surface area contributed by atoms with Gasteiger partial charge in [-0.25, -0.2) is 13.8 Å². The van der Waals surface area contributed by atoms with Crippen LogP contribution in [-0.2, 0) is 10.4 Å². The van der Waals surface area contributed by atoms with Crippen molar-refractivity contribution in [2.45, 2.75) is 12.0 Å². The van der Waals surface area contributed by atoms with Gasteiger partial charge in [-0.1, -0.05) is 30.3 Å². The molecule has 1 atom stereocenters. The summed E-state index contributed by atoms with van der Waals surface area (Å²) in [6, 6.07) is 10.2. The predicted octanol–water partition coefficient (Wildman–Crippen LogP) is 2.44. The van der Waals surface area contributed by atoms with E-state index in [1.165, 1.54) is 30.3 Å². The van der Waals surface area contributed by atoms with Gasteiger partial charge in [0.2, 0.25) is 5.91 Å². The van der Waals surface area contributed by atoms with E-state index < -0.39 is 29.6 Å². The van der Waals surface area contributed by atoms with Crippen molar-refractivity contribution in [3.05, 3.63) is 71.3 Å². The number of halogens is 2. The lowest BCUT2D eigenvalue weighted by atomic mass is 9.83. The smallest absolute Gasteiger partial charge is 0.249 e. The van der Waals surface area contributed by atoms with Gasteiger partial charge in [0.1, 0.15) is 17.2 Å². The first-order valence-corrected chi connectivity index (χ1v) is 6.53. The molecule has 0 aliphatic heterocycles. The third-order valence-corrected chi connectivity index (χ3v) is 3.41. The second-order valence-corrected chi connectivity index (χ2v) is 4.94. The number of hydrogen-bond acceptors (Lipinski definition) is 3. The molecule has 0 bridgehead atoms. The van der Waals surface area contributed by atoms with Gasteiger partial charge in [-0.3, -0.25) is 10.0 Å². The molecule has 2 aromatic carbocycles. The molecule has 0 radical (unpaired) electrons. The molecular formula is C16H15F2NO3. The van der Waals surface area contributed by atoms with E-state index in [0.29, 0.717) is 5.06 Å². The summed E-state index contributed by atoms with van der Waals surface area (Å²) in [5, 5.41) is 20.4. The molecule has 0 aromatic heterocycles. The summed E-state index contributed by atoms with van der Waals surface area (Å²) in [6.45, 7) is 0. The van der Waals surface area contributed by atoms with Crippen molar-refractivity contribution in [2.24, 2.45) is 0 Å². The summed E-state index contributed by atoms with van der Waals surface area (Å²) in [7, 11) is 1.11. The Hall–Kier alpha value is -2.31. The van der Waals surface area contributed by atoms with Crippen LogP contribution in [0.2, 0.25) is 0 Å². The Morgan fingerprint density at radius 1 is 1.14 bits per heavy atom. The van der Waals surface area contributed by atoms with Gasteiger partial charge in [-0.2, -0.15) is 0 Å². The number of amides is 1.